The molecule has 0 radical (unpaired) electrons. The van der Waals surface area contributed by atoms with Crippen molar-refractivity contribution in [1.29, 1.82) is 0 Å². The van der Waals surface area contributed by atoms with Crippen LogP contribution in [0.15, 0.2) is 158 Å². The highest BCUT2D eigenvalue weighted by atomic mass is 35.5. The molecule has 8 rings (SSSR count). The minimum atomic E-state index is -1.01. The van der Waals surface area contributed by atoms with Crippen LogP contribution in [0.4, 0.5) is 0 Å². The zero-order valence-electron chi connectivity index (χ0n) is 33.7. The van der Waals surface area contributed by atoms with E-state index in [9.17, 15) is 0 Å². The molecule has 6 aromatic rings. The number of ether oxygens (including phenoxy) is 6. The summed E-state index contributed by atoms with van der Waals surface area (Å²) in [4.78, 5) is 0. The summed E-state index contributed by atoms with van der Waals surface area (Å²) in [6.45, 7) is 4.46. The molecule has 5 atom stereocenters. The molecule has 0 bridgehead atoms. The fourth-order valence-corrected chi connectivity index (χ4v) is 8.55. The van der Waals surface area contributed by atoms with Crippen LogP contribution in [0.25, 0.3) is 0 Å². The highest BCUT2D eigenvalue weighted by molar-refractivity contribution is 6.31. The molecule has 2 heterocycles. The van der Waals surface area contributed by atoms with Crippen molar-refractivity contribution in [2.45, 2.75) is 89.1 Å². The molecule has 1 fully saturated rings. The van der Waals surface area contributed by atoms with Gasteiger partial charge in [-0.1, -0.05) is 164 Å². The van der Waals surface area contributed by atoms with Crippen molar-refractivity contribution < 1.29 is 28.4 Å². The molecule has 2 aliphatic heterocycles. The van der Waals surface area contributed by atoms with Gasteiger partial charge in [-0.15, -0.1) is 0 Å². The van der Waals surface area contributed by atoms with Gasteiger partial charge in [0.15, 0.2) is 0 Å². The van der Waals surface area contributed by atoms with Crippen LogP contribution >= 0.6 is 11.6 Å². The van der Waals surface area contributed by atoms with Gasteiger partial charge in [-0.3, -0.25) is 0 Å². The molecule has 0 aromatic heterocycles. The summed E-state index contributed by atoms with van der Waals surface area (Å²) < 4.78 is 42.2. The Morgan fingerprint density at radius 1 is 0.593 bits per heavy atom. The van der Waals surface area contributed by atoms with Crippen LogP contribution in [0, 0.1) is 0 Å². The van der Waals surface area contributed by atoms with Crippen molar-refractivity contribution in [2.75, 3.05) is 13.2 Å². The molecule has 0 aliphatic carbocycles. The van der Waals surface area contributed by atoms with E-state index in [0.717, 1.165) is 46.2 Å². The lowest BCUT2D eigenvalue weighted by molar-refractivity contribution is -0.315. The Morgan fingerprint density at radius 2 is 1.12 bits per heavy atom. The molecule has 7 heteroatoms. The van der Waals surface area contributed by atoms with Gasteiger partial charge in [0.05, 0.1) is 39.6 Å². The summed E-state index contributed by atoms with van der Waals surface area (Å²) in [7, 11) is 0. The molecule has 2 aliphatic rings. The average molecular weight is 809 g/mol. The zero-order valence-corrected chi connectivity index (χ0v) is 34.5. The van der Waals surface area contributed by atoms with Crippen LogP contribution in [-0.4, -0.2) is 37.6 Å². The lowest BCUT2D eigenvalue weighted by Gasteiger charge is -2.53. The van der Waals surface area contributed by atoms with Crippen molar-refractivity contribution >= 4 is 11.6 Å². The third-order valence-corrected chi connectivity index (χ3v) is 11.8. The maximum absolute atomic E-state index is 7.64. The fourth-order valence-electron chi connectivity index (χ4n) is 8.32. The number of benzene rings is 6. The Labute approximate surface area is 354 Å². The summed E-state index contributed by atoms with van der Waals surface area (Å²) in [6.07, 6.45) is 0.707. The van der Waals surface area contributed by atoms with Gasteiger partial charge in [0.25, 0.3) is 0 Å². The maximum Gasteiger partial charge on any atom is 0.126 e. The van der Waals surface area contributed by atoms with E-state index >= 15 is 0 Å². The summed E-state index contributed by atoms with van der Waals surface area (Å²) in [6, 6.07) is 53.9. The molecule has 0 saturated carbocycles. The second kappa shape index (κ2) is 20.0. The lowest BCUT2D eigenvalue weighted by atomic mass is 9.76. The summed E-state index contributed by atoms with van der Waals surface area (Å²) >= 11 is 7.14. The summed E-state index contributed by atoms with van der Waals surface area (Å²) in [5.41, 5.74) is 7.61. The number of rotatable bonds is 16. The Kier molecular flexibility index (Phi) is 13.9. The van der Waals surface area contributed by atoms with Crippen molar-refractivity contribution in [2.24, 2.45) is 0 Å². The van der Waals surface area contributed by atoms with E-state index in [0.29, 0.717) is 56.6 Å². The monoisotopic (exact) mass is 808 g/mol. The van der Waals surface area contributed by atoms with Gasteiger partial charge in [-0.05, 0) is 76.8 Å². The lowest BCUT2D eigenvalue weighted by Crippen LogP contribution is -2.65. The standard InChI is InChI=1S/C52H53ClO6/c1-2-38-24-26-39(27-25-38)30-44-31-45-47(32-46(44)53)55-29-15-28-52(45)51(58-36-43-22-13-6-14-23-43)50(57-35-42-20-11-5-12-21-42)49(56-34-41-18-9-4-10-19-41)48(59-52)37-54-33-40-16-7-3-8-17-40/h3-14,16-27,31-32,48-51H,2,15,28-30,33-37H2,1H3/t48-,49-,50+,51-,52?/m1/s1. The third-order valence-electron chi connectivity index (χ3n) is 11.4. The number of halogens is 1. The molecular weight excluding hydrogens is 756 g/mol. The van der Waals surface area contributed by atoms with Crippen molar-refractivity contribution in [1.82, 2.24) is 0 Å². The summed E-state index contributed by atoms with van der Waals surface area (Å²) in [5.74, 6) is 0.695. The molecule has 6 nitrogen and oxygen atoms in total. The van der Waals surface area contributed by atoms with Gasteiger partial charge in [0.2, 0.25) is 0 Å². The first-order valence-corrected chi connectivity index (χ1v) is 21.3. The van der Waals surface area contributed by atoms with Crippen LogP contribution in [0.3, 0.4) is 0 Å². The predicted molar refractivity (Wildman–Crippen MR) is 233 cm³/mol. The van der Waals surface area contributed by atoms with E-state index in [4.69, 9.17) is 40.0 Å². The van der Waals surface area contributed by atoms with Crippen LogP contribution in [0.5, 0.6) is 5.75 Å². The number of aryl methyl sites for hydroxylation is 1. The molecule has 0 amide bonds. The van der Waals surface area contributed by atoms with E-state index in [1.165, 1.54) is 11.1 Å². The van der Waals surface area contributed by atoms with E-state index < -0.39 is 30.0 Å². The highest BCUT2D eigenvalue weighted by Crippen LogP contribution is 2.51. The Balaban J connectivity index is 1.24. The van der Waals surface area contributed by atoms with Gasteiger partial charge in [0.1, 0.15) is 35.8 Å². The highest BCUT2D eigenvalue weighted by Gasteiger charge is 2.59. The van der Waals surface area contributed by atoms with E-state index in [1.54, 1.807) is 0 Å². The minimum absolute atomic E-state index is 0.271. The molecule has 59 heavy (non-hydrogen) atoms. The molecule has 1 unspecified atom stereocenters. The van der Waals surface area contributed by atoms with Crippen LogP contribution < -0.4 is 4.74 Å². The van der Waals surface area contributed by atoms with Crippen LogP contribution in [0.1, 0.15) is 64.3 Å². The topological polar surface area (TPSA) is 55.4 Å². The first kappa shape index (κ1) is 41.0. The first-order valence-electron chi connectivity index (χ1n) is 20.9. The van der Waals surface area contributed by atoms with Gasteiger partial charge < -0.3 is 28.4 Å². The second-order valence-corrected chi connectivity index (χ2v) is 15.9. The molecule has 1 spiro atoms. The van der Waals surface area contributed by atoms with E-state index in [2.05, 4.69) is 85.8 Å². The second-order valence-electron chi connectivity index (χ2n) is 15.5. The van der Waals surface area contributed by atoms with Crippen LogP contribution in [0.2, 0.25) is 5.02 Å². The summed E-state index contributed by atoms with van der Waals surface area (Å²) in [5, 5.41) is 0.654. The van der Waals surface area contributed by atoms with Gasteiger partial charge in [-0.2, -0.15) is 0 Å². The third kappa shape index (κ3) is 10.2. The van der Waals surface area contributed by atoms with Crippen molar-refractivity contribution in [3.63, 3.8) is 0 Å². The largest absolute Gasteiger partial charge is 0.493 e. The van der Waals surface area contributed by atoms with E-state index in [-0.39, 0.29) is 6.61 Å². The van der Waals surface area contributed by atoms with E-state index in [1.807, 2.05) is 78.9 Å². The SMILES string of the molecule is CCc1ccc(Cc2cc3c(cc2Cl)OCCCC32O[C@H](COCc3ccccc3)[C@@H](OCc3ccccc3)[C@H](OCc3ccccc3)[C@H]2OCc2ccccc2)cc1. The normalized spacial score (nSPS) is 21.4. The fraction of sp³-hybridized carbons (Fsp3) is 0.308. The minimum Gasteiger partial charge on any atom is -0.493 e. The molecular formula is C52H53ClO6. The number of hydrogen-bond donors (Lipinski definition) is 0. The molecule has 304 valence electrons. The Hall–Kier alpha value is -4.79. The number of fused-ring (bicyclic) bond motifs is 2. The maximum atomic E-state index is 7.64. The number of hydrogen-bond acceptors (Lipinski definition) is 6. The first-order chi connectivity index (χ1) is 29.1. The van der Waals surface area contributed by atoms with Gasteiger partial charge in [0, 0.05) is 10.6 Å². The molecule has 1 saturated heterocycles. The predicted octanol–water partition coefficient (Wildman–Crippen LogP) is 11.2. The van der Waals surface area contributed by atoms with Gasteiger partial charge >= 0.3 is 0 Å². The zero-order chi connectivity index (χ0) is 40.3. The van der Waals surface area contributed by atoms with Gasteiger partial charge in [-0.25, -0.2) is 0 Å². The van der Waals surface area contributed by atoms with Crippen molar-refractivity contribution in [3.8, 4) is 5.75 Å². The molecule has 0 N–H and O–H groups in total. The Morgan fingerprint density at radius 3 is 1.69 bits per heavy atom. The average Bonchev–Trinajstić information content (AvgIpc) is 3.45. The molecule has 6 aromatic carbocycles. The van der Waals surface area contributed by atoms with Crippen molar-refractivity contribution in [3.05, 3.63) is 207 Å². The van der Waals surface area contributed by atoms with Crippen LogP contribution in [-0.2, 0) is 68.6 Å². The Bertz CT molecular complexity index is 2180. The smallest absolute Gasteiger partial charge is 0.126 e. The quantitative estimate of drug-likeness (QED) is 0.0971.